The molecular formula is C16H15N5O. The Labute approximate surface area is 127 Å². The van der Waals surface area contributed by atoms with Gasteiger partial charge in [0.15, 0.2) is 0 Å². The van der Waals surface area contributed by atoms with Crippen LogP contribution in [-0.2, 0) is 0 Å². The van der Waals surface area contributed by atoms with E-state index in [2.05, 4.69) is 21.7 Å². The third kappa shape index (κ3) is 2.59. The number of benzene rings is 2. The monoisotopic (exact) mass is 293 g/mol. The van der Waals surface area contributed by atoms with Gasteiger partial charge >= 0.3 is 0 Å². The molecule has 1 heterocycles. The van der Waals surface area contributed by atoms with Crippen LogP contribution in [0.25, 0.3) is 22.2 Å². The highest BCUT2D eigenvalue weighted by Crippen LogP contribution is 2.33. The van der Waals surface area contributed by atoms with Crippen LogP contribution in [0.2, 0.25) is 0 Å². The van der Waals surface area contributed by atoms with E-state index in [0.29, 0.717) is 17.3 Å². The number of nitrogens with two attached hydrogens (primary N) is 2. The molecule has 0 unspecified atom stereocenters. The van der Waals surface area contributed by atoms with Crippen molar-refractivity contribution in [1.82, 2.24) is 9.97 Å². The SMILES string of the molecule is C=Nc1cc(-c2ccc3ncc(N)nc3c2)ccc1OCN. The Morgan fingerprint density at radius 2 is 1.86 bits per heavy atom. The molecule has 6 nitrogen and oxygen atoms in total. The lowest BCUT2D eigenvalue weighted by atomic mass is 10.0. The molecule has 0 spiro atoms. The molecule has 0 aliphatic carbocycles. The molecule has 22 heavy (non-hydrogen) atoms. The van der Waals surface area contributed by atoms with Crippen LogP contribution in [0.5, 0.6) is 5.75 Å². The Morgan fingerprint density at radius 1 is 1.09 bits per heavy atom. The molecule has 3 aromatic rings. The number of hydrogen-bond donors (Lipinski definition) is 2. The molecule has 0 saturated heterocycles. The number of aromatic nitrogens is 2. The first-order chi connectivity index (χ1) is 10.7. The van der Waals surface area contributed by atoms with Gasteiger partial charge in [-0.3, -0.25) is 15.7 Å². The van der Waals surface area contributed by atoms with Gasteiger partial charge in [-0.1, -0.05) is 12.1 Å². The first-order valence-corrected chi connectivity index (χ1v) is 6.67. The average molecular weight is 293 g/mol. The number of fused-ring (bicyclic) bond motifs is 1. The van der Waals surface area contributed by atoms with Crippen LogP contribution in [-0.4, -0.2) is 23.4 Å². The largest absolute Gasteiger partial charge is 0.476 e. The fourth-order valence-electron chi connectivity index (χ4n) is 2.24. The van der Waals surface area contributed by atoms with E-state index in [1.54, 1.807) is 6.20 Å². The van der Waals surface area contributed by atoms with Gasteiger partial charge in [0.2, 0.25) is 0 Å². The summed E-state index contributed by atoms with van der Waals surface area (Å²) in [5.74, 6) is 0.996. The Bertz CT molecular complexity index is 847. The van der Waals surface area contributed by atoms with Crippen LogP contribution in [0.3, 0.4) is 0 Å². The number of nitrogen functional groups attached to an aromatic ring is 1. The maximum Gasteiger partial charge on any atom is 0.146 e. The average Bonchev–Trinajstić information content (AvgIpc) is 2.54. The van der Waals surface area contributed by atoms with Crippen molar-refractivity contribution in [3.05, 3.63) is 42.6 Å². The van der Waals surface area contributed by atoms with Crippen molar-refractivity contribution < 1.29 is 4.74 Å². The molecule has 6 heteroatoms. The minimum Gasteiger partial charge on any atom is -0.476 e. The molecule has 0 aliphatic heterocycles. The van der Waals surface area contributed by atoms with Gasteiger partial charge in [0, 0.05) is 0 Å². The van der Waals surface area contributed by atoms with E-state index in [4.69, 9.17) is 16.2 Å². The van der Waals surface area contributed by atoms with E-state index in [-0.39, 0.29) is 6.73 Å². The highest BCUT2D eigenvalue weighted by atomic mass is 16.5. The Morgan fingerprint density at radius 3 is 2.64 bits per heavy atom. The second kappa shape index (κ2) is 5.79. The summed E-state index contributed by atoms with van der Waals surface area (Å²) in [7, 11) is 0. The molecule has 1 aromatic heterocycles. The molecule has 2 aromatic carbocycles. The predicted octanol–water partition coefficient (Wildman–Crippen LogP) is 2.51. The van der Waals surface area contributed by atoms with Crippen molar-refractivity contribution in [3.8, 4) is 16.9 Å². The maximum atomic E-state index is 5.69. The first kappa shape index (κ1) is 14.0. The summed E-state index contributed by atoms with van der Waals surface area (Å²) < 4.78 is 5.31. The zero-order valence-electron chi connectivity index (χ0n) is 11.9. The number of aliphatic imine (C=N–C) groups is 1. The van der Waals surface area contributed by atoms with Gasteiger partial charge in [0.05, 0.1) is 17.2 Å². The number of anilines is 1. The quantitative estimate of drug-likeness (QED) is 0.568. The Hall–Kier alpha value is -2.99. The summed E-state index contributed by atoms with van der Waals surface area (Å²) in [5.41, 5.74) is 15.2. The van der Waals surface area contributed by atoms with Gasteiger partial charge in [0.1, 0.15) is 24.0 Å². The van der Waals surface area contributed by atoms with Gasteiger partial charge < -0.3 is 10.5 Å². The van der Waals surface area contributed by atoms with Gasteiger partial charge in [-0.2, -0.15) is 0 Å². The van der Waals surface area contributed by atoms with E-state index in [0.717, 1.165) is 22.2 Å². The summed E-state index contributed by atoms with van der Waals surface area (Å²) in [6, 6.07) is 11.5. The molecule has 4 N–H and O–H groups in total. The molecule has 0 fully saturated rings. The van der Waals surface area contributed by atoms with E-state index in [1.165, 1.54) is 0 Å². The normalized spacial score (nSPS) is 10.6. The van der Waals surface area contributed by atoms with E-state index >= 15 is 0 Å². The van der Waals surface area contributed by atoms with Crippen molar-refractivity contribution in [1.29, 1.82) is 0 Å². The highest BCUT2D eigenvalue weighted by molar-refractivity contribution is 5.83. The minimum atomic E-state index is 0.0900. The highest BCUT2D eigenvalue weighted by Gasteiger charge is 2.07. The first-order valence-electron chi connectivity index (χ1n) is 6.67. The number of rotatable bonds is 4. The van der Waals surface area contributed by atoms with Crippen LogP contribution in [0.4, 0.5) is 11.5 Å². The molecule has 110 valence electrons. The van der Waals surface area contributed by atoms with Crippen molar-refractivity contribution in [2.45, 2.75) is 0 Å². The van der Waals surface area contributed by atoms with E-state index in [9.17, 15) is 0 Å². The summed E-state index contributed by atoms with van der Waals surface area (Å²) in [5, 5.41) is 0. The third-order valence-corrected chi connectivity index (χ3v) is 3.26. The molecular weight excluding hydrogens is 278 g/mol. The second-order valence-electron chi connectivity index (χ2n) is 4.65. The molecule has 0 amide bonds. The van der Waals surface area contributed by atoms with Gasteiger partial charge in [-0.15, -0.1) is 0 Å². The van der Waals surface area contributed by atoms with Crippen molar-refractivity contribution in [2.75, 3.05) is 12.5 Å². The summed E-state index contributed by atoms with van der Waals surface area (Å²) in [4.78, 5) is 12.5. The standard InChI is InChI=1S/C16H15N5O/c1-19-14-7-11(3-5-15(14)22-9-17)10-2-4-12-13(6-10)21-16(18)8-20-12/h2-8H,1,9,17H2,(H2,18,21). The Balaban J connectivity index is 2.08. The lowest BCUT2D eigenvalue weighted by molar-refractivity contribution is 0.331. The number of ether oxygens (including phenoxy) is 1. The summed E-state index contributed by atoms with van der Waals surface area (Å²) in [6.45, 7) is 3.65. The molecule has 3 rings (SSSR count). The lowest BCUT2D eigenvalue weighted by Gasteiger charge is -2.09. The molecule has 0 bridgehead atoms. The van der Waals surface area contributed by atoms with E-state index in [1.807, 2.05) is 36.4 Å². The van der Waals surface area contributed by atoms with Crippen molar-refractivity contribution in [2.24, 2.45) is 10.7 Å². The second-order valence-corrected chi connectivity index (χ2v) is 4.65. The zero-order chi connectivity index (χ0) is 15.5. The summed E-state index contributed by atoms with van der Waals surface area (Å²) >= 11 is 0. The van der Waals surface area contributed by atoms with E-state index < -0.39 is 0 Å². The van der Waals surface area contributed by atoms with Gasteiger partial charge in [-0.25, -0.2) is 4.98 Å². The maximum absolute atomic E-state index is 5.69. The molecule has 0 saturated carbocycles. The summed E-state index contributed by atoms with van der Waals surface area (Å²) in [6.07, 6.45) is 1.54. The molecule has 0 atom stereocenters. The number of nitrogens with zero attached hydrogens (tertiary/aromatic N) is 3. The van der Waals surface area contributed by atoms with Crippen LogP contribution in [0, 0.1) is 0 Å². The fourth-order valence-corrected chi connectivity index (χ4v) is 2.24. The van der Waals surface area contributed by atoms with Gasteiger partial charge in [-0.05, 0) is 42.1 Å². The van der Waals surface area contributed by atoms with Crippen molar-refractivity contribution >= 4 is 29.3 Å². The minimum absolute atomic E-state index is 0.0900. The fraction of sp³-hybridized carbons (Fsp3) is 0.0625. The topological polar surface area (TPSA) is 99.4 Å². The molecule has 0 aliphatic rings. The number of hydrogen-bond acceptors (Lipinski definition) is 6. The predicted molar refractivity (Wildman–Crippen MR) is 88.3 cm³/mol. The molecule has 0 radical (unpaired) electrons. The smallest absolute Gasteiger partial charge is 0.146 e. The third-order valence-electron chi connectivity index (χ3n) is 3.26. The Kier molecular flexibility index (Phi) is 3.67. The van der Waals surface area contributed by atoms with Gasteiger partial charge in [0.25, 0.3) is 0 Å². The lowest BCUT2D eigenvalue weighted by Crippen LogP contribution is -2.07. The zero-order valence-corrected chi connectivity index (χ0v) is 11.9. The van der Waals surface area contributed by atoms with Crippen LogP contribution < -0.4 is 16.2 Å². The van der Waals surface area contributed by atoms with Crippen LogP contribution in [0.1, 0.15) is 0 Å². The van der Waals surface area contributed by atoms with Crippen LogP contribution in [0.15, 0.2) is 47.6 Å². The van der Waals surface area contributed by atoms with Crippen molar-refractivity contribution in [3.63, 3.8) is 0 Å². The van der Waals surface area contributed by atoms with Crippen LogP contribution >= 0.6 is 0 Å².